The Labute approximate surface area is 123 Å². The summed E-state index contributed by atoms with van der Waals surface area (Å²) in [5.41, 5.74) is 0. The number of hydrogen-bond acceptors (Lipinski definition) is 3. The number of hydrogen-bond donors (Lipinski definition) is 3. The molecule has 1 heterocycles. The highest BCUT2D eigenvalue weighted by Gasteiger charge is 2.22. The van der Waals surface area contributed by atoms with E-state index in [0.29, 0.717) is 0 Å². The van der Waals surface area contributed by atoms with Crippen LogP contribution in [0.4, 0.5) is 4.79 Å². The maximum absolute atomic E-state index is 11.7. The summed E-state index contributed by atoms with van der Waals surface area (Å²) in [6.07, 6.45) is 0.775. The van der Waals surface area contributed by atoms with Gasteiger partial charge in [0, 0.05) is 23.9 Å². The van der Waals surface area contributed by atoms with Crippen molar-refractivity contribution >= 4 is 23.3 Å². The summed E-state index contributed by atoms with van der Waals surface area (Å²) in [6.45, 7) is 5.73. The average molecular weight is 298 g/mol. The van der Waals surface area contributed by atoms with Gasteiger partial charge in [-0.3, -0.25) is 4.79 Å². The van der Waals surface area contributed by atoms with Gasteiger partial charge in [0.2, 0.25) is 0 Å². The predicted octanol–water partition coefficient (Wildman–Crippen LogP) is 2.34. The fraction of sp³-hybridized carbons (Fsp3) is 0.571. The summed E-state index contributed by atoms with van der Waals surface area (Å²) in [7, 11) is 0. The number of rotatable bonds is 7. The van der Waals surface area contributed by atoms with E-state index < -0.39 is 11.9 Å². The molecule has 0 aliphatic heterocycles. The molecule has 0 fully saturated rings. The summed E-state index contributed by atoms with van der Waals surface area (Å²) in [6, 6.07) is 3.70. The lowest BCUT2D eigenvalue weighted by molar-refractivity contribution is -0.142. The van der Waals surface area contributed by atoms with Gasteiger partial charge in [0.25, 0.3) is 0 Å². The van der Waals surface area contributed by atoms with Gasteiger partial charge in [-0.25, -0.2) is 4.79 Å². The Morgan fingerprint density at radius 2 is 2.05 bits per heavy atom. The van der Waals surface area contributed by atoms with Crippen LogP contribution in [0.3, 0.4) is 0 Å². The molecule has 1 aromatic rings. The van der Waals surface area contributed by atoms with Crippen molar-refractivity contribution in [1.82, 2.24) is 10.6 Å². The number of carboxylic acid groups (broad SMARTS) is 1. The standard InChI is InChI=1S/C14H22N2O3S/c1-9(2)12(13(17)18)8-15-14(19)16-10(3)7-11-5-4-6-20-11/h4-6,9-10,12H,7-8H2,1-3H3,(H,17,18)(H2,15,16,19). The number of thiophene rings is 1. The molecule has 2 atom stereocenters. The van der Waals surface area contributed by atoms with Gasteiger partial charge in [-0.2, -0.15) is 0 Å². The van der Waals surface area contributed by atoms with E-state index in [0.717, 1.165) is 6.42 Å². The van der Waals surface area contributed by atoms with Crippen LogP contribution < -0.4 is 10.6 Å². The fourth-order valence-corrected chi connectivity index (χ4v) is 2.70. The molecule has 0 aliphatic rings. The first-order chi connectivity index (χ1) is 9.40. The normalized spacial score (nSPS) is 13.8. The molecule has 0 radical (unpaired) electrons. The van der Waals surface area contributed by atoms with E-state index in [-0.39, 0.29) is 24.5 Å². The zero-order valence-electron chi connectivity index (χ0n) is 12.1. The van der Waals surface area contributed by atoms with Crippen LogP contribution in [-0.4, -0.2) is 29.7 Å². The molecule has 0 aromatic carbocycles. The Kier molecular flexibility index (Phi) is 6.51. The zero-order valence-corrected chi connectivity index (χ0v) is 12.9. The molecule has 1 rings (SSSR count). The summed E-state index contributed by atoms with van der Waals surface area (Å²) in [5, 5.41) is 16.5. The lowest BCUT2D eigenvalue weighted by Gasteiger charge is -2.18. The molecule has 2 unspecified atom stereocenters. The minimum Gasteiger partial charge on any atom is -0.481 e. The molecule has 20 heavy (non-hydrogen) atoms. The molecule has 2 amide bonds. The number of carbonyl (C=O) groups is 2. The van der Waals surface area contributed by atoms with Crippen molar-refractivity contribution < 1.29 is 14.7 Å². The first-order valence-electron chi connectivity index (χ1n) is 6.69. The van der Waals surface area contributed by atoms with Crippen LogP contribution in [-0.2, 0) is 11.2 Å². The van der Waals surface area contributed by atoms with E-state index in [1.165, 1.54) is 4.88 Å². The highest BCUT2D eigenvalue weighted by molar-refractivity contribution is 7.09. The molecular weight excluding hydrogens is 276 g/mol. The first-order valence-corrected chi connectivity index (χ1v) is 7.57. The molecule has 5 nitrogen and oxygen atoms in total. The van der Waals surface area contributed by atoms with E-state index in [1.807, 2.05) is 38.3 Å². The van der Waals surface area contributed by atoms with Crippen molar-refractivity contribution in [2.75, 3.05) is 6.54 Å². The van der Waals surface area contributed by atoms with E-state index in [4.69, 9.17) is 5.11 Å². The van der Waals surface area contributed by atoms with Gasteiger partial charge in [0.05, 0.1) is 5.92 Å². The van der Waals surface area contributed by atoms with Crippen molar-refractivity contribution in [3.63, 3.8) is 0 Å². The molecule has 0 spiro atoms. The highest BCUT2D eigenvalue weighted by atomic mass is 32.1. The monoisotopic (exact) mass is 298 g/mol. The number of carbonyl (C=O) groups excluding carboxylic acids is 1. The second kappa shape index (κ2) is 7.89. The maximum atomic E-state index is 11.7. The van der Waals surface area contributed by atoms with Crippen LogP contribution in [0.5, 0.6) is 0 Å². The highest BCUT2D eigenvalue weighted by Crippen LogP contribution is 2.11. The van der Waals surface area contributed by atoms with Crippen molar-refractivity contribution in [3.8, 4) is 0 Å². The fourth-order valence-electron chi connectivity index (χ4n) is 1.87. The number of carboxylic acids is 1. The Hall–Kier alpha value is -1.56. The van der Waals surface area contributed by atoms with Crippen LogP contribution in [0, 0.1) is 11.8 Å². The van der Waals surface area contributed by atoms with Gasteiger partial charge < -0.3 is 15.7 Å². The summed E-state index contributed by atoms with van der Waals surface area (Å²) >= 11 is 1.65. The van der Waals surface area contributed by atoms with Gasteiger partial charge in [-0.1, -0.05) is 19.9 Å². The zero-order chi connectivity index (χ0) is 15.1. The van der Waals surface area contributed by atoms with Gasteiger partial charge in [0.15, 0.2) is 0 Å². The molecule has 0 aliphatic carbocycles. The average Bonchev–Trinajstić information content (AvgIpc) is 2.80. The van der Waals surface area contributed by atoms with Crippen molar-refractivity contribution in [2.45, 2.75) is 33.2 Å². The molecule has 1 aromatic heterocycles. The van der Waals surface area contributed by atoms with Crippen LogP contribution in [0.1, 0.15) is 25.6 Å². The maximum Gasteiger partial charge on any atom is 0.315 e. The topological polar surface area (TPSA) is 78.4 Å². The van der Waals surface area contributed by atoms with Crippen LogP contribution >= 0.6 is 11.3 Å². The SMILES string of the molecule is CC(Cc1cccs1)NC(=O)NCC(C(=O)O)C(C)C. The van der Waals surface area contributed by atoms with E-state index in [1.54, 1.807) is 11.3 Å². The predicted molar refractivity (Wildman–Crippen MR) is 80.0 cm³/mol. The molecular formula is C14H22N2O3S. The summed E-state index contributed by atoms with van der Waals surface area (Å²) in [5.74, 6) is -1.46. The smallest absolute Gasteiger partial charge is 0.315 e. The summed E-state index contributed by atoms with van der Waals surface area (Å²) < 4.78 is 0. The Balaban J connectivity index is 2.34. The van der Waals surface area contributed by atoms with Crippen LogP contribution in [0.25, 0.3) is 0 Å². The second-order valence-electron chi connectivity index (χ2n) is 5.23. The van der Waals surface area contributed by atoms with Crippen molar-refractivity contribution in [3.05, 3.63) is 22.4 Å². The van der Waals surface area contributed by atoms with Gasteiger partial charge in [-0.05, 0) is 24.3 Å². The largest absolute Gasteiger partial charge is 0.481 e. The summed E-state index contributed by atoms with van der Waals surface area (Å²) in [4.78, 5) is 23.9. The molecule has 112 valence electrons. The Morgan fingerprint density at radius 1 is 1.35 bits per heavy atom. The van der Waals surface area contributed by atoms with E-state index in [2.05, 4.69) is 10.6 Å². The third-order valence-corrected chi connectivity index (χ3v) is 3.97. The molecule has 6 heteroatoms. The van der Waals surface area contributed by atoms with Gasteiger partial charge >= 0.3 is 12.0 Å². The van der Waals surface area contributed by atoms with Crippen molar-refractivity contribution in [2.24, 2.45) is 11.8 Å². The minimum atomic E-state index is -0.882. The van der Waals surface area contributed by atoms with Crippen molar-refractivity contribution in [1.29, 1.82) is 0 Å². The minimum absolute atomic E-state index is 0.0102. The third kappa shape index (κ3) is 5.61. The van der Waals surface area contributed by atoms with Crippen LogP contribution in [0.2, 0.25) is 0 Å². The lowest BCUT2D eigenvalue weighted by Crippen LogP contribution is -2.44. The number of urea groups is 1. The number of amides is 2. The second-order valence-corrected chi connectivity index (χ2v) is 6.26. The third-order valence-electron chi connectivity index (χ3n) is 3.07. The quantitative estimate of drug-likeness (QED) is 0.723. The first kappa shape index (κ1) is 16.5. The van der Waals surface area contributed by atoms with Gasteiger partial charge in [-0.15, -0.1) is 11.3 Å². The number of nitrogens with one attached hydrogen (secondary N) is 2. The Bertz CT molecular complexity index is 432. The van der Waals surface area contributed by atoms with Crippen LogP contribution in [0.15, 0.2) is 17.5 Å². The molecule has 0 bridgehead atoms. The molecule has 3 N–H and O–H groups in total. The number of aliphatic carboxylic acids is 1. The molecule has 0 saturated carbocycles. The van der Waals surface area contributed by atoms with E-state index >= 15 is 0 Å². The Morgan fingerprint density at radius 3 is 2.55 bits per heavy atom. The molecule has 0 saturated heterocycles. The lowest BCUT2D eigenvalue weighted by atomic mass is 9.96. The van der Waals surface area contributed by atoms with E-state index in [9.17, 15) is 9.59 Å². The van der Waals surface area contributed by atoms with Gasteiger partial charge in [0.1, 0.15) is 0 Å².